The number of amides is 1. The van der Waals surface area contributed by atoms with Gasteiger partial charge in [-0.1, -0.05) is 46.3 Å². The normalized spacial score (nSPS) is 10.6. The number of carbonyl (C=O) groups is 1. The van der Waals surface area contributed by atoms with Crippen LogP contribution in [0.2, 0.25) is 0 Å². The SMILES string of the molecule is Cc1cc(-c2ccccc2)n(CC(=O)Nc2ccc(Br)cc2C)n1. The number of rotatable bonds is 4. The van der Waals surface area contributed by atoms with Gasteiger partial charge in [-0.25, -0.2) is 0 Å². The lowest BCUT2D eigenvalue weighted by Gasteiger charge is -2.11. The second-order valence-corrected chi connectivity index (χ2v) is 6.62. The fourth-order valence-electron chi connectivity index (χ4n) is 2.60. The lowest BCUT2D eigenvalue weighted by molar-refractivity contribution is -0.116. The molecule has 0 saturated carbocycles. The third kappa shape index (κ3) is 3.74. The summed E-state index contributed by atoms with van der Waals surface area (Å²) in [5.74, 6) is -0.0966. The summed E-state index contributed by atoms with van der Waals surface area (Å²) < 4.78 is 2.74. The molecule has 0 atom stereocenters. The molecule has 3 rings (SSSR count). The zero-order valence-corrected chi connectivity index (χ0v) is 15.2. The van der Waals surface area contributed by atoms with Gasteiger partial charge in [0.15, 0.2) is 0 Å². The van der Waals surface area contributed by atoms with E-state index in [0.29, 0.717) is 0 Å². The zero-order valence-electron chi connectivity index (χ0n) is 13.6. The van der Waals surface area contributed by atoms with Gasteiger partial charge in [-0.3, -0.25) is 9.48 Å². The van der Waals surface area contributed by atoms with Gasteiger partial charge < -0.3 is 5.32 Å². The molecule has 4 nitrogen and oxygen atoms in total. The molecule has 5 heteroatoms. The van der Waals surface area contributed by atoms with E-state index in [4.69, 9.17) is 0 Å². The minimum Gasteiger partial charge on any atom is -0.324 e. The third-order valence-corrected chi connectivity index (χ3v) is 4.22. The van der Waals surface area contributed by atoms with Gasteiger partial charge in [-0.05, 0) is 49.2 Å². The minimum atomic E-state index is -0.0966. The van der Waals surface area contributed by atoms with Crippen molar-refractivity contribution in [2.75, 3.05) is 5.32 Å². The highest BCUT2D eigenvalue weighted by Gasteiger charge is 2.12. The summed E-state index contributed by atoms with van der Waals surface area (Å²) in [6.45, 7) is 4.07. The van der Waals surface area contributed by atoms with E-state index in [1.807, 2.05) is 68.4 Å². The number of carbonyl (C=O) groups excluding carboxylic acids is 1. The summed E-state index contributed by atoms with van der Waals surface area (Å²) >= 11 is 3.43. The number of aryl methyl sites for hydroxylation is 2. The number of nitrogens with zero attached hydrogens (tertiary/aromatic N) is 2. The van der Waals surface area contributed by atoms with Gasteiger partial charge in [-0.15, -0.1) is 0 Å². The molecule has 24 heavy (non-hydrogen) atoms. The van der Waals surface area contributed by atoms with Crippen molar-refractivity contribution < 1.29 is 4.79 Å². The largest absolute Gasteiger partial charge is 0.324 e. The van der Waals surface area contributed by atoms with Crippen LogP contribution in [0.15, 0.2) is 59.1 Å². The molecule has 0 saturated heterocycles. The summed E-state index contributed by atoms with van der Waals surface area (Å²) in [6.07, 6.45) is 0. The first-order chi connectivity index (χ1) is 11.5. The van der Waals surface area contributed by atoms with Crippen molar-refractivity contribution in [3.8, 4) is 11.3 Å². The number of aromatic nitrogens is 2. The monoisotopic (exact) mass is 383 g/mol. The van der Waals surface area contributed by atoms with Gasteiger partial charge in [0.1, 0.15) is 6.54 Å². The number of hydrogen-bond donors (Lipinski definition) is 1. The Morgan fingerprint density at radius 1 is 1.12 bits per heavy atom. The molecule has 0 aliphatic rings. The summed E-state index contributed by atoms with van der Waals surface area (Å²) in [7, 11) is 0. The van der Waals surface area contributed by atoms with Crippen molar-refractivity contribution in [2.45, 2.75) is 20.4 Å². The first-order valence-corrected chi connectivity index (χ1v) is 8.48. The second kappa shape index (κ2) is 7.01. The van der Waals surface area contributed by atoms with Gasteiger partial charge in [0, 0.05) is 10.2 Å². The van der Waals surface area contributed by atoms with Gasteiger partial charge in [0.05, 0.1) is 11.4 Å². The van der Waals surface area contributed by atoms with Crippen LogP contribution in [0, 0.1) is 13.8 Å². The predicted octanol–water partition coefficient (Wildman–Crippen LogP) is 4.57. The molecular formula is C19H18BrN3O. The molecule has 0 spiro atoms. The van der Waals surface area contributed by atoms with E-state index in [1.54, 1.807) is 4.68 Å². The summed E-state index contributed by atoms with van der Waals surface area (Å²) in [4.78, 5) is 12.4. The highest BCUT2D eigenvalue weighted by atomic mass is 79.9. The average Bonchev–Trinajstić information content (AvgIpc) is 2.91. The molecule has 0 radical (unpaired) electrons. The Labute approximate surface area is 149 Å². The van der Waals surface area contributed by atoms with E-state index in [1.165, 1.54) is 0 Å². The molecule has 0 unspecified atom stereocenters. The van der Waals surface area contributed by atoms with Crippen LogP contribution in [0.3, 0.4) is 0 Å². The zero-order chi connectivity index (χ0) is 17.1. The van der Waals surface area contributed by atoms with Crippen LogP contribution in [0.5, 0.6) is 0 Å². The standard InChI is InChI=1S/C19H18BrN3O/c1-13-10-16(20)8-9-17(13)21-19(24)12-23-18(11-14(2)22-23)15-6-4-3-5-7-15/h3-11H,12H2,1-2H3,(H,21,24). The van der Waals surface area contributed by atoms with E-state index in [0.717, 1.165) is 32.7 Å². The minimum absolute atomic E-state index is 0.0966. The summed E-state index contributed by atoms with van der Waals surface area (Å²) in [6, 6.07) is 17.7. The summed E-state index contributed by atoms with van der Waals surface area (Å²) in [5, 5.41) is 7.41. The molecule has 122 valence electrons. The van der Waals surface area contributed by atoms with Crippen molar-refractivity contribution in [2.24, 2.45) is 0 Å². The van der Waals surface area contributed by atoms with E-state index < -0.39 is 0 Å². The van der Waals surface area contributed by atoms with Crippen molar-refractivity contribution >= 4 is 27.5 Å². The van der Waals surface area contributed by atoms with Crippen LogP contribution in [-0.4, -0.2) is 15.7 Å². The fraction of sp³-hybridized carbons (Fsp3) is 0.158. The van der Waals surface area contributed by atoms with Gasteiger partial charge in [0.25, 0.3) is 0 Å². The third-order valence-electron chi connectivity index (χ3n) is 3.73. The van der Waals surface area contributed by atoms with Crippen LogP contribution >= 0.6 is 15.9 Å². The molecule has 1 aromatic heterocycles. The first kappa shape index (κ1) is 16.5. The Balaban J connectivity index is 1.80. The molecule has 0 fully saturated rings. The van der Waals surface area contributed by atoms with Crippen LogP contribution in [0.4, 0.5) is 5.69 Å². The molecule has 1 heterocycles. The number of hydrogen-bond acceptors (Lipinski definition) is 2. The van der Waals surface area contributed by atoms with Crippen molar-refractivity contribution in [3.63, 3.8) is 0 Å². The lowest BCUT2D eigenvalue weighted by atomic mass is 10.1. The van der Waals surface area contributed by atoms with Crippen molar-refractivity contribution in [1.82, 2.24) is 9.78 Å². The molecule has 3 aromatic rings. The second-order valence-electron chi connectivity index (χ2n) is 5.70. The Morgan fingerprint density at radius 2 is 1.88 bits per heavy atom. The van der Waals surface area contributed by atoms with Crippen LogP contribution in [0.1, 0.15) is 11.3 Å². The smallest absolute Gasteiger partial charge is 0.246 e. The van der Waals surface area contributed by atoms with E-state index in [9.17, 15) is 4.79 Å². The first-order valence-electron chi connectivity index (χ1n) is 7.69. The van der Waals surface area contributed by atoms with Gasteiger partial charge in [0.2, 0.25) is 5.91 Å². The number of nitrogens with one attached hydrogen (secondary N) is 1. The van der Waals surface area contributed by atoms with Gasteiger partial charge >= 0.3 is 0 Å². The van der Waals surface area contributed by atoms with E-state index in [-0.39, 0.29) is 12.5 Å². The Hall–Kier alpha value is -2.40. The Morgan fingerprint density at radius 3 is 2.58 bits per heavy atom. The number of benzene rings is 2. The van der Waals surface area contributed by atoms with E-state index >= 15 is 0 Å². The fourth-order valence-corrected chi connectivity index (χ4v) is 3.08. The maximum Gasteiger partial charge on any atom is 0.246 e. The predicted molar refractivity (Wildman–Crippen MR) is 99.9 cm³/mol. The highest BCUT2D eigenvalue weighted by Crippen LogP contribution is 2.22. The number of halogens is 1. The highest BCUT2D eigenvalue weighted by molar-refractivity contribution is 9.10. The maximum absolute atomic E-state index is 12.4. The van der Waals surface area contributed by atoms with E-state index in [2.05, 4.69) is 26.3 Å². The maximum atomic E-state index is 12.4. The lowest BCUT2D eigenvalue weighted by Crippen LogP contribution is -2.20. The van der Waals surface area contributed by atoms with Crippen molar-refractivity contribution in [3.05, 3.63) is 70.3 Å². The molecule has 0 aliphatic carbocycles. The quantitative estimate of drug-likeness (QED) is 0.717. The van der Waals surface area contributed by atoms with Crippen LogP contribution in [-0.2, 0) is 11.3 Å². The van der Waals surface area contributed by atoms with Gasteiger partial charge in [-0.2, -0.15) is 5.10 Å². The average molecular weight is 384 g/mol. The molecule has 1 amide bonds. The Kier molecular flexibility index (Phi) is 4.81. The Bertz CT molecular complexity index is 872. The molecule has 2 aromatic carbocycles. The topological polar surface area (TPSA) is 46.9 Å². The molecule has 1 N–H and O–H groups in total. The number of anilines is 1. The summed E-state index contributed by atoms with van der Waals surface area (Å²) in [5.41, 5.74) is 4.70. The van der Waals surface area contributed by atoms with Crippen LogP contribution < -0.4 is 5.32 Å². The van der Waals surface area contributed by atoms with Crippen LogP contribution in [0.25, 0.3) is 11.3 Å². The van der Waals surface area contributed by atoms with Crippen molar-refractivity contribution in [1.29, 1.82) is 0 Å². The molecule has 0 bridgehead atoms. The molecule has 0 aliphatic heterocycles. The molecular weight excluding hydrogens is 366 g/mol.